The zero-order valence-corrected chi connectivity index (χ0v) is 12.3. The summed E-state index contributed by atoms with van der Waals surface area (Å²) in [6, 6.07) is 9.47. The fraction of sp³-hybridized carbons (Fsp3) is 0.0769. The van der Waals surface area contributed by atoms with Gasteiger partial charge in [0.25, 0.3) is 0 Å². The van der Waals surface area contributed by atoms with Crippen molar-refractivity contribution < 1.29 is 4.74 Å². The Hall–Kier alpha value is -0.600. The number of hydrogen-bond acceptors (Lipinski definition) is 1. The summed E-state index contributed by atoms with van der Waals surface area (Å²) in [5.41, 5.74) is 1.50. The minimum Gasteiger partial charge on any atom is -0.494 e. The molecule has 0 spiro atoms. The topological polar surface area (TPSA) is 9.23 Å². The Morgan fingerprint density at radius 3 is 1.89 bits per heavy atom. The standard InChI is InChI=1S/C13H8Cl4O/c1-18-13-8(7-5-3-2-4-6-7)9(14)10(15)11(16)12(13)17/h2-6H,1H3. The van der Waals surface area contributed by atoms with E-state index >= 15 is 0 Å². The van der Waals surface area contributed by atoms with E-state index in [-0.39, 0.29) is 15.1 Å². The van der Waals surface area contributed by atoms with Crippen molar-refractivity contribution in [2.24, 2.45) is 0 Å². The zero-order valence-electron chi connectivity index (χ0n) is 9.31. The molecule has 2 rings (SSSR count). The van der Waals surface area contributed by atoms with Crippen molar-refractivity contribution in [1.29, 1.82) is 0 Å². The van der Waals surface area contributed by atoms with E-state index in [2.05, 4.69) is 0 Å². The number of ether oxygens (including phenoxy) is 1. The van der Waals surface area contributed by atoms with Gasteiger partial charge in [-0.2, -0.15) is 0 Å². The average molecular weight is 322 g/mol. The fourth-order valence-electron chi connectivity index (χ4n) is 1.67. The summed E-state index contributed by atoms with van der Waals surface area (Å²) in [6.45, 7) is 0. The Labute approximate surface area is 125 Å². The third-order valence-electron chi connectivity index (χ3n) is 2.49. The summed E-state index contributed by atoms with van der Waals surface area (Å²) in [7, 11) is 1.51. The maximum Gasteiger partial charge on any atom is 0.148 e. The van der Waals surface area contributed by atoms with Crippen LogP contribution in [0.5, 0.6) is 5.75 Å². The summed E-state index contributed by atoms with van der Waals surface area (Å²) >= 11 is 24.4. The second-order valence-electron chi connectivity index (χ2n) is 3.53. The number of benzene rings is 2. The predicted octanol–water partition coefficient (Wildman–Crippen LogP) is 5.98. The molecule has 0 atom stereocenters. The Kier molecular flexibility index (Phi) is 4.29. The van der Waals surface area contributed by atoms with Gasteiger partial charge in [0, 0.05) is 5.56 Å². The van der Waals surface area contributed by atoms with Crippen molar-refractivity contribution >= 4 is 46.4 Å². The molecule has 0 aliphatic heterocycles. The molecule has 0 amide bonds. The quantitative estimate of drug-likeness (QED) is 0.488. The molecule has 0 aliphatic rings. The second-order valence-corrected chi connectivity index (χ2v) is 5.04. The highest BCUT2D eigenvalue weighted by molar-refractivity contribution is 6.53. The number of halogens is 4. The van der Waals surface area contributed by atoms with Crippen LogP contribution in [0.15, 0.2) is 30.3 Å². The van der Waals surface area contributed by atoms with E-state index in [0.29, 0.717) is 16.3 Å². The van der Waals surface area contributed by atoms with Crippen LogP contribution >= 0.6 is 46.4 Å². The van der Waals surface area contributed by atoms with E-state index in [1.807, 2.05) is 30.3 Å². The van der Waals surface area contributed by atoms with Crippen molar-refractivity contribution in [2.75, 3.05) is 7.11 Å². The van der Waals surface area contributed by atoms with E-state index in [1.54, 1.807) is 0 Å². The van der Waals surface area contributed by atoms with Crippen LogP contribution in [0.4, 0.5) is 0 Å². The van der Waals surface area contributed by atoms with Crippen LogP contribution in [-0.4, -0.2) is 7.11 Å². The highest BCUT2D eigenvalue weighted by Gasteiger charge is 2.21. The molecule has 0 aliphatic carbocycles. The van der Waals surface area contributed by atoms with E-state index in [4.69, 9.17) is 51.1 Å². The molecule has 0 unspecified atom stereocenters. The van der Waals surface area contributed by atoms with Crippen molar-refractivity contribution in [3.8, 4) is 16.9 Å². The molecule has 0 radical (unpaired) electrons. The maximum atomic E-state index is 6.23. The van der Waals surface area contributed by atoms with Gasteiger partial charge in [-0.15, -0.1) is 0 Å². The van der Waals surface area contributed by atoms with E-state index in [1.165, 1.54) is 7.11 Å². The molecule has 0 saturated carbocycles. The molecule has 0 saturated heterocycles. The normalized spacial score (nSPS) is 10.5. The van der Waals surface area contributed by atoms with Crippen molar-refractivity contribution in [1.82, 2.24) is 0 Å². The van der Waals surface area contributed by atoms with Gasteiger partial charge >= 0.3 is 0 Å². The number of hydrogen-bond donors (Lipinski definition) is 0. The molecule has 0 fully saturated rings. The molecule has 0 bridgehead atoms. The maximum absolute atomic E-state index is 6.23. The van der Waals surface area contributed by atoms with Crippen LogP contribution in [-0.2, 0) is 0 Å². The lowest BCUT2D eigenvalue weighted by atomic mass is 10.0. The summed E-state index contributed by atoms with van der Waals surface area (Å²) in [5, 5.41) is 1.00. The van der Waals surface area contributed by atoms with Gasteiger partial charge in [-0.3, -0.25) is 0 Å². The minimum absolute atomic E-state index is 0.194. The highest BCUT2D eigenvalue weighted by atomic mass is 35.5. The lowest BCUT2D eigenvalue weighted by molar-refractivity contribution is 0.417. The molecule has 94 valence electrons. The van der Waals surface area contributed by atoms with Crippen molar-refractivity contribution in [3.63, 3.8) is 0 Å². The molecule has 2 aromatic carbocycles. The van der Waals surface area contributed by atoms with Gasteiger partial charge in [-0.1, -0.05) is 76.7 Å². The zero-order chi connectivity index (χ0) is 13.3. The first kappa shape index (κ1) is 13.8. The first-order chi connectivity index (χ1) is 8.57. The van der Waals surface area contributed by atoms with Gasteiger partial charge in [-0.05, 0) is 5.56 Å². The van der Waals surface area contributed by atoms with Gasteiger partial charge in [0.1, 0.15) is 10.8 Å². The van der Waals surface area contributed by atoms with Gasteiger partial charge in [-0.25, -0.2) is 0 Å². The summed E-state index contributed by atoms with van der Waals surface area (Å²) < 4.78 is 5.29. The van der Waals surface area contributed by atoms with Crippen molar-refractivity contribution in [3.05, 3.63) is 50.4 Å². The average Bonchev–Trinajstić information content (AvgIpc) is 2.41. The van der Waals surface area contributed by atoms with E-state index in [9.17, 15) is 0 Å². The summed E-state index contributed by atoms with van der Waals surface area (Å²) in [4.78, 5) is 0. The lowest BCUT2D eigenvalue weighted by Gasteiger charge is -2.15. The SMILES string of the molecule is COc1c(Cl)c(Cl)c(Cl)c(Cl)c1-c1ccccc1. The van der Waals surface area contributed by atoms with Gasteiger partial charge in [0.2, 0.25) is 0 Å². The van der Waals surface area contributed by atoms with Crippen LogP contribution < -0.4 is 4.74 Å². The Morgan fingerprint density at radius 2 is 1.33 bits per heavy atom. The highest BCUT2D eigenvalue weighted by Crippen LogP contribution is 2.49. The summed E-state index contributed by atoms with van der Waals surface area (Å²) in [5.74, 6) is 0.419. The minimum atomic E-state index is 0.194. The number of rotatable bonds is 2. The monoisotopic (exact) mass is 320 g/mol. The third-order valence-corrected chi connectivity index (χ3v) is 4.28. The molecular formula is C13H8Cl4O. The van der Waals surface area contributed by atoms with Gasteiger partial charge in [0.05, 0.1) is 22.2 Å². The van der Waals surface area contributed by atoms with E-state index < -0.39 is 0 Å². The van der Waals surface area contributed by atoms with Crippen molar-refractivity contribution in [2.45, 2.75) is 0 Å². The number of methoxy groups -OCH3 is 1. The first-order valence-electron chi connectivity index (χ1n) is 5.03. The Bertz CT molecular complexity index is 582. The Morgan fingerprint density at radius 1 is 0.778 bits per heavy atom. The van der Waals surface area contributed by atoms with Crippen LogP contribution in [0.3, 0.4) is 0 Å². The molecule has 0 N–H and O–H groups in total. The third kappa shape index (κ3) is 2.28. The van der Waals surface area contributed by atoms with Gasteiger partial charge < -0.3 is 4.74 Å². The van der Waals surface area contributed by atoms with Crippen LogP contribution in [0.2, 0.25) is 20.1 Å². The largest absolute Gasteiger partial charge is 0.494 e. The molecule has 1 nitrogen and oxygen atoms in total. The fourth-order valence-corrected chi connectivity index (χ4v) is 2.69. The molecule has 5 heteroatoms. The molecule has 2 aromatic rings. The van der Waals surface area contributed by atoms with Crippen LogP contribution in [0, 0.1) is 0 Å². The summed E-state index contributed by atoms with van der Waals surface area (Å²) in [6.07, 6.45) is 0. The van der Waals surface area contributed by atoms with E-state index in [0.717, 1.165) is 5.56 Å². The van der Waals surface area contributed by atoms with Crippen LogP contribution in [0.25, 0.3) is 11.1 Å². The molecular weight excluding hydrogens is 314 g/mol. The van der Waals surface area contributed by atoms with Gasteiger partial charge in [0.15, 0.2) is 0 Å². The second kappa shape index (κ2) is 5.58. The molecule has 0 heterocycles. The Balaban J connectivity index is 2.82. The van der Waals surface area contributed by atoms with Crippen LogP contribution in [0.1, 0.15) is 0 Å². The lowest BCUT2D eigenvalue weighted by Crippen LogP contribution is -1.92. The molecule has 0 aromatic heterocycles. The predicted molar refractivity (Wildman–Crippen MR) is 78.5 cm³/mol. The molecule has 18 heavy (non-hydrogen) atoms. The first-order valence-corrected chi connectivity index (χ1v) is 6.54. The smallest absolute Gasteiger partial charge is 0.148 e.